The van der Waals surface area contributed by atoms with Crippen molar-refractivity contribution in [1.82, 2.24) is 15.3 Å². The van der Waals surface area contributed by atoms with Gasteiger partial charge in [0.05, 0.1) is 0 Å². The van der Waals surface area contributed by atoms with Crippen molar-refractivity contribution in [3.05, 3.63) is 24.3 Å². The van der Waals surface area contributed by atoms with E-state index in [0.29, 0.717) is 0 Å². The molecule has 1 aromatic rings. The number of aromatic nitrogens is 2. The normalized spacial score (nSPS) is 15.5. The van der Waals surface area contributed by atoms with Crippen molar-refractivity contribution in [2.75, 3.05) is 18.1 Å². The van der Waals surface area contributed by atoms with Crippen LogP contribution in [0.4, 0.5) is 0 Å². The standard InChI is InChI=1S/C11H17N3S/c1-2-10(1)8-15-4-3-12-5-11-6-13-9-14-7-11/h6-7,9-10,12H,1-5,8H2. The molecule has 0 radical (unpaired) electrons. The Morgan fingerprint density at radius 2 is 2.13 bits per heavy atom. The summed E-state index contributed by atoms with van der Waals surface area (Å²) in [5.41, 5.74) is 1.16. The van der Waals surface area contributed by atoms with Crippen LogP contribution in [0.3, 0.4) is 0 Å². The van der Waals surface area contributed by atoms with Gasteiger partial charge in [0.25, 0.3) is 0 Å². The van der Waals surface area contributed by atoms with E-state index in [1.54, 1.807) is 6.33 Å². The highest BCUT2D eigenvalue weighted by Crippen LogP contribution is 2.32. The van der Waals surface area contributed by atoms with Gasteiger partial charge < -0.3 is 5.32 Å². The Hall–Kier alpha value is -0.610. The molecule has 1 heterocycles. The number of hydrogen-bond donors (Lipinski definition) is 1. The number of nitrogens with zero attached hydrogens (tertiary/aromatic N) is 2. The fourth-order valence-electron chi connectivity index (χ4n) is 1.33. The summed E-state index contributed by atoms with van der Waals surface area (Å²) in [5.74, 6) is 3.61. The molecule has 3 nitrogen and oxygen atoms in total. The molecule has 82 valence electrons. The van der Waals surface area contributed by atoms with Gasteiger partial charge in [0.2, 0.25) is 0 Å². The van der Waals surface area contributed by atoms with E-state index in [1.165, 1.54) is 24.3 Å². The van der Waals surface area contributed by atoms with Crippen molar-refractivity contribution in [1.29, 1.82) is 0 Å². The molecular weight excluding hydrogens is 206 g/mol. The zero-order chi connectivity index (χ0) is 10.3. The lowest BCUT2D eigenvalue weighted by molar-refractivity contribution is 0.725. The SMILES string of the molecule is c1ncc(CNCCSCC2CC2)cn1. The summed E-state index contributed by atoms with van der Waals surface area (Å²) in [6.07, 6.45) is 8.20. The molecule has 0 spiro atoms. The Bertz CT molecular complexity index is 274. The number of thioether (sulfide) groups is 1. The highest BCUT2D eigenvalue weighted by Gasteiger charge is 2.20. The summed E-state index contributed by atoms with van der Waals surface area (Å²) in [6.45, 7) is 1.96. The van der Waals surface area contributed by atoms with E-state index >= 15 is 0 Å². The minimum atomic E-state index is 0.880. The maximum Gasteiger partial charge on any atom is 0.115 e. The molecular formula is C11H17N3S. The third-order valence-corrected chi connectivity index (χ3v) is 3.62. The minimum absolute atomic E-state index is 0.880. The van der Waals surface area contributed by atoms with E-state index in [-0.39, 0.29) is 0 Å². The van der Waals surface area contributed by atoms with Crippen molar-refractivity contribution in [2.24, 2.45) is 5.92 Å². The summed E-state index contributed by atoms with van der Waals surface area (Å²) in [6, 6.07) is 0. The third-order valence-electron chi connectivity index (χ3n) is 2.42. The maximum atomic E-state index is 3.97. The monoisotopic (exact) mass is 223 g/mol. The van der Waals surface area contributed by atoms with Crippen molar-refractivity contribution in [2.45, 2.75) is 19.4 Å². The molecule has 0 atom stereocenters. The van der Waals surface area contributed by atoms with Gasteiger partial charge in [-0.3, -0.25) is 0 Å². The predicted octanol–water partition coefficient (Wildman–Crippen LogP) is 1.71. The van der Waals surface area contributed by atoms with Crippen molar-refractivity contribution < 1.29 is 0 Å². The van der Waals surface area contributed by atoms with E-state index in [1.807, 2.05) is 12.4 Å². The average Bonchev–Trinajstić information content (AvgIpc) is 3.09. The molecule has 1 aromatic heterocycles. The first-order valence-electron chi connectivity index (χ1n) is 5.47. The van der Waals surface area contributed by atoms with Gasteiger partial charge in [-0.05, 0) is 24.5 Å². The van der Waals surface area contributed by atoms with Crippen molar-refractivity contribution in [3.8, 4) is 0 Å². The molecule has 0 amide bonds. The minimum Gasteiger partial charge on any atom is -0.312 e. The molecule has 1 aliphatic rings. The van der Waals surface area contributed by atoms with Crippen LogP contribution in [0.1, 0.15) is 18.4 Å². The molecule has 15 heavy (non-hydrogen) atoms. The van der Waals surface area contributed by atoms with Crippen LogP contribution in [0, 0.1) is 5.92 Å². The second-order valence-corrected chi connectivity index (χ2v) is 5.09. The maximum absolute atomic E-state index is 3.97. The number of nitrogens with one attached hydrogen (secondary N) is 1. The summed E-state index contributed by atoms with van der Waals surface area (Å²) < 4.78 is 0. The largest absolute Gasteiger partial charge is 0.312 e. The smallest absolute Gasteiger partial charge is 0.115 e. The van der Waals surface area contributed by atoms with Crippen molar-refractivity contribution >= 4 is 11.8 Å². The molecule has 4 heteroatoms. The van der Waals surface area contributed by atoms with Gasteiger partial charge in [-0.25, -0.2) is 9.97 Å². The molecule has 0 aromatic carbocycles. The highest BCUT2D eigenvalue weighted by molar-refractivity contribution is 7.99. The Labute approximate surface area is 95.1 Å². The lowest BCUT2D eigenvalue weighted by atomic mass is 10.3. The lowest BCUT2D eigenvalue weighted by Crippen LogP contribution is -2.17. The second kappa shape index (κ2) is 6.08. The highest BCUT2D eigenvalue weighted by atomic mass is 32.2. The number of hydrogen-bond acceptors (Lipinski definition) is 4. The van der Waals surface area contributed by atoms with Crippen LogP contribution in [-0.4, -0.2) is 28.0 Å². The fraction of sp³-hybridized carbons (Fsp3) is 0.636. The number of rotatable bonds is 7. The van der Waals surface area contributed by atoms with Gasteiger partial charge in [-0.15, -0.1) is 0 Å². The molecule has 0 bridgehead atoms. The van der Waals surface area contributed by atoms with Crippen LogP contribution in [-0.2, 0) is 6.54 Å². The Kier molecular flexibility index (Phi) is 4.41. The molecule has 1 fully saturated rings. The van der Waals surface area contributed by atoms with E-state index in [2.05, 4.69) is 27.0 Å². The molecule has 0 saturated heterocycles. The first-order chi connectivity index (χ1) is 7.45. The Morgan fingerprint density at radius 3 is 2.87 bits per heavy atom. The fourth-order valence-corrected chi connectivity index (χ4v) is 2.45. The van der Waals surface area contributed by atoms with Gasteiger partial charge in [0.1, 0.15) is 6.33 Å². The molecule has 0 unspecified atom stereocenters. The van der Waals surface area contributed by atoms with Crippen LogP contribution in [0.25, 0.3) is 0 Å². The van der Waals surface area contributed by atoms with E-state index < -0.39 is 0 Å². The molecule has 1 N–H and O–H groups in total. The average molecular weight is 223 g/mol. The van der Waals surface area contributed by atoms with E-state index in [0.717, 1.165) is 24.6 Å². The zero-order valence-electron chi connectivity index (χ0n) is 8.85. The van der Waals surface area contributed by atoms with Gasteiger partial charge >= 0.3 is 0 Å². The summed E-state index contributed by atoms with van der Waals surface area (Å²) in [7, 11) is 0. The van der Waals surface area contributed by atoms with Gasteiger partial charge in [-0.2, -0.15) is 11.8 Å². The van der Waals surface area contributed by atoms with Crippen LogP contribution in [0.15, 0.2) is 18.7 Å². The topological polar surface area (TPSA) is 37.8 Å². The second-order valence-electron chi connectivity index (χ2n) is 3.94. The Balaban J connectivity index is 1.47. The Morgan fingerprint density at radius 1 is 1.33 bits per heavy atom. The quantitative estimate of drug-likeness (QED) is 0.714. The predicted molar refractivity (Wildman–Crippen MR) is 63.8 cm³/mol. The zero-order valence-corrected chi connectivity index (χ0v) is 9.67. The summed E-state index contributed by atoms with van der Waals surface area (Å²) in [5, 5.41) is 3.39. The molecule has 1 aliphatic carbocycles. The third kappa shape index (κ3) is 4.62. The lowest BCUT2D eigenvalue weighted by Gasteiger charge is -2.03. The first-order valence-corrected chi connectivity index (χ1v) is 6.63. The van der Waals surface area contributed by atoms with Gasteiger partial charge in [0.15, 0.2) is 0 Å². The van der Waals surface area contributed by atoms with Crippen LogP contribution in [0.2, 0.25) is 0 Å². The van der Waals surface area contributed by atoms with Gasteiger partial charge in [0, 0.05) is 36.8 Å². The van der Waals surface area contributed by atoms with Crippen LogP contribution in [0.5, 0.6) is 0 Å². The van der Waals surface area contributed by atoms with E-state index in [4.69, 9.17) is 0 Å². The van der Waals surface area contributed by atoms with Crippen molar-refractivity contribution in [3.63, 3.8) is 0 Å². The van der Waals surface area contributed by atoms with Gasteiger partial charge in [-0.1, -0.05) is 0 Å². The van der Waals surface area contributed by atoms with E-state index in [9.17, 15) is 0 Å². The summed E-state index contributed by atoms with van der Waals surface area (Å²) in [4.78, 5) is 7.95. The molecule has 0 aliphatic heterocycles. The summed E-state index contributed by atoms with van der Waals surface area (Å²) >= 11 is 2.07. The molecule has 1 saturated carbocycles. The molecule has 2 rings (SSSR count). The van der Waals surface area contributed by atoms with Crippen LogP contribution < -0.4 is 5.32 Å². The first kappa shape index (κ1) is 10.9. The van der Waals surface area contributed by atoms with Crippen LogP contribution >= 0.6 is 11.8 Å².